The number of thioether (sulfide) groups is 1. The molecule has 0 aromatic heterocycles. The van der Waals surface area contributed by atoms with Crippen molar-refractivity contribution in [3.05, 3.63) is 0 Å². The fourth-order valence-electron chi connectivity index (χ4n) is 2.67. The van der Waals surface area contributed by atoms with Crippen LogP contribution in [0.4, 0.5) is 0 Å². The number of rotatable bonds is 3. The van der Waals surface area contributed by atoms with Crippen molar-refractivity contribution < 1.29 is 9.47 Å². The van der Waals surface area contributed by atoms with Gasteiger partial charge in [-0.15, -0.1) is 11.8 Å². The molecule has 0 radical (unpaired) electrons. The second kappa shape index (κ2) is 5.74. The second-order valence-electron chi connectivity index (χ2n) is 5.04. The number of hydrogen-bond donors (Lipinski definition) is 0. The van der Waals surface area contributed by atoms with E-state index in [9.17, 15) is 0 Å². The zero-order chi connectivity index (χ0) is 11.4. The molecule has 2 nitrogen and oxygen atoms in total. The molecule has 3 heteroatoms. The summed E-state index contributed by atoms with van der Waals surface area (Å²) in [5.74, 6) is 0. The van der Waals surface area contributed by atoms with Gasteiger partial charge in [0.2, 0.25) is 0 Å². The van der Waals surface area contributed by atoms with Crippen molar-refractivity contribution in [3.63, 3.8) is 0 Å². The molecule has 2 heterocycles. The molecule has 3 unspecified atom stereocenters. The first-order chi connectivity index (χ1) is 7.74. The fourth-order valence-corrected chi connectivity index (χ4v) is 4.38. The van der Waals surface area contributed by atoms with E-state index in [1.807, 2.05) is 11.8 Å². The summed E-state index contributed by atoms with van der Waals surface area (Å²) >= 11 is 2.02. The van der Waals surface area contributed by atoms with E-state index < -0.39 is 0 Å². The molecule has 0 aromatic rings. The smallest absolute Gasteiger partial charge is 0.137 e. The number of hydrogen-bond acceptors (Lipinski definition) is 3. The zero-order valence-corrected chi connectivity index (χ0v) is 11.4. The van der Waals surface area contributed by atoms with E-state index >= 15 is 0 Å². The molecule has 3 atom stereocenters. The maximum atomic E-state index is 6.02. The van der Waals surface area contributed by atoms with Gasteiger partial charge in [0.05, 0.1) is 6.10 Å². The minimum absolute atomic E-state index is 0.0848. The van der Waals surface area contributed by atoms with Crippen molar-refractivity contribution in [2.45, 2.75) is 68.7 Å². The highest BCUT2D eigenvalue weighted by Crippen LogP contribution is 2.43. The third-order valence-corrected chi connectivity index (χ3v) is 5.26. The normalized spacial score (nSPS) is 40.9. The molecule has 0 saturated carbocycles. The molecule has 94 valence electrons. The monoisotopic (exact) mass is 244 g/mol. The molecule has 16 heavy (non-hydrogen) atoms. The molecule has 2 fully saturated rings. The predicted molar refractivity (Wildman–Crippen MR) is 68.9 cm³/mol. The van der Waals surface area contributed by atoms with Crippen LogP contribution in [-0.4, -0.2) is 29.5 Å². The SMILES string of the molecule is CCCC1CCOC(C)(C2CCCCO2)S1. The zero-order valence-electron chi connectivity index (χ0n) is 10.5. The largest absolute Gasteiger partial charge is 0.374 e. The first-order valence-corrected chi connectivity index (χ1v) is 7.56. The molecule has 2 aliphatic heterocycles. The lowest BCUT2D eigenvalue weighted by Crippen LogP contribution is -2.46. The predicted octanol–water partition coefficient (Wildman–Crippen LogP) is 3.59. The van der Waals surface area contributed by atoms with Crippen molar-refractivity contribution in [2.24, 2.45) is 0 Å². The van der Waals surface area contributed by atoms with E-state index in [0.29, 0.717) is 6.10 Å². The topological polar surface area (TPSA) is 18.5 Å². The molecule has 0 bridgehead atoms. The summed E-state index contributed by atoms with van der Waals surface area (Å²) in [6.45, 7) is 6.33. The van der Waals surface area contributed by atoms with Crippen LogP contribution >= 0.6 is 11.8 Å². The Hall–Kier alpha value is 0.270. The van der Waals surface area contributed by atoms with E-state index in [4.69, 9.17) is 9.47 Å². The van der Waals surface area contributed by atoms with Crippen LogP contribution in [0, 0.1) is 0 Å². The average Bonchev–Trinajstić information content (AvgIpc) is 2.31. The molecular formula is C13H24O2S. The van der Waals surface area contributed by atoms with Crippen molar-refractivity contribution in [1.82, 2.24) is 0 Å². The second-order valence-corrected chi connectivity index (χ2v) is 6.75. The van der Waals surface area contributed by atoms with Crippen molar-refractivity contribution in [3.8, 4) is 0 Å². The summed E-state index contributed by atoms with van der Waals surface area (Å²) in [5.41, 5.74) is 0. The van der Waals surface area contributed by atoms with Crippen molar-refractivity contribution in [1.29, 1.82) is 0 Å². The van der Waals surface area contributed by atoms with Gasteiger partial charge in [-0.2, -0.15) is 0 Å². The Labute approximate surface area is 103 Å². The molecule has 0 aliphatic carbocycles. The summed E-state index contributed by atoms with van der Waals surface area (Å²) < 4.78 is 11.9. The third kappa shape index (κ3) is 2.93. The summed E-state index contributed by atoms with van der Waals surface area (Å²) in [6.07, 6.45) is 7.79. The van der Waals surface area contributed by atoms with Crippen LogP contribution < -0.4 is 0 Å². The van der Waals surface area contributed by atoms with E-state index in [1.54, 1.807) is 0 Å². The van der Waals surface area contributed by atoms with E-state index in [2.05, 4.69) is 13.8 Å². The van der Waals surface area contributed by atoms with Crippen LogP contribution in [-0.2, 0) is 9.47 Å². The first kappa shape index (κ1) is 12.7. The van der Waals surface area contributed by atoms with Gasteiger partial charge in [-0.3, -0.25) is 0 Å². The molecule has 2 rings (SSSR count). The lowest BCUT2D eigenvalue weighted by molar-refractivity contribution is -0.107. The Bertz CT molecular complexity index is 214. The highest BCUT2D eigenvalue weighted by molar-refractivity contribution is 8.01. The maximum absolute atomic E-state index is 6.02. The fraction of sp³-hybridized carbons (Fsp3) is 1.00. The van der Waals surface area contributed by atoms with Crippen LogP contribution in [0.5, 0.6) is 0 Å². The Morgan fingerprint density at radius 1 is 1.25 bits per heavy atom. The lowest BCUT2D eigenvalue weighted by Gasteiger charge is -2.44. The third-order valence-electron chi connectivity index (χ3n) is 3.60. The first-order valence-electron chi connectivity index (χ1n) is 6.68. The van der Waals surface area contributed by atoms with Crippen LogP contribution in [0.3, 0.4) is 0 Å². The highest BCUT2D eigenvalue weighted by Gasteiger charge is 2.42. The van der Waals surface area contributed by atoms with Crippen LogP contribution in [0.15, 0.2) is 0 Å². The van der Waals surface area contributed by atoms with Crippen LogP contribution in [0.25, 0.3) is 0 Å². The average molecular weight is 244 g/mol. The Kier molecular flexibility index (Phi) is 4.57. The minimum Gasteiger partial charge on any atom is -0.374 e. The van der Waals surface area contributed by atoms with Gasteiger partial charge in [0.1, 0.15) is 4.93 Å². The molecule has 0 amide bonds. The van der Waals surface area contributed by atoms with Crippen molar-refractivity contribution in [2.75, 3.05) is 13.2 Å². The molecule has 2 saturated heterocycles. The molecule has 0 aromatic carbocycles. The molecule has 2 aliphatic rings. The van der Waals surface area contributed by atoms with Gasteiger partial charge in [0.25, 0.3) is 0 Å². The van der Waals surface area contributed by atoms with Crippen LogP contribution in [0.1, 0.15) is 52.4 Å². The van der Waals surface area contributed by atoms with Crippen molar-refractivity contribution >= 4 is 11.8 Å². The van der Waals surface area contributed by atoms with Gasteiger partial charge < -0.3 is 9.47 Å². The van der Waals surface area contributed by atoms with Gasteiger partial charge in [0, 0.05) is 18.5 Å². The summed E-state index contributed by atoms with van der Waals surface area (Å²) in [6, 6.07) is 0. The van der Waals surface area contributed by atoms with E-state index in [0.717, 1.165) is 18.5 Å². The quantitative estimate of drug-likeness (QED) is 0.756. The Balaban J connectivity index is 1.93. The summed E-state index contributed by atoms with van der Waals surface area (Å²) in [4.78, 5) is -0.0848. The van der Waals surface area contributed by atoms with Crippen LogP contribution in [0.2, 0.25) is 0 Å². The van der Waals surface area contributed by atoms with Gasteiger partial charge in [-0.25, -0.2) is 0 Å². The summed E-state index contributed by atoms with van der Waals surface area (Å²) in [5, 5.41) is 0.772. The minimum atomic E-state index is -0.0848. The number of ether oxygens (including phenoxy) is 2. The van der Waals surface area contributed by atoms with Gasteiger partial charge in [-0.05, 0) is 39.0 Å². The van der Waals surface area contributed by atoms with E-state index in [1.165, 1.54) is 38.5 Å². The van der Waals surface area contributed by atoms with Gasteiger partial charge in [0.15, 0.2) is 0 Å². The van der Waals surface area contributed by atoms with Gasteiger partial charge >= 0.3 is 0 Å². The molecule has 0 N–H and O–H groups in total. The molecular weight excluding hydrogens is 220 g/mol. The van der Waals surface area contributed by atoms with E-state index in [-0.39, 0.29) is 4.93 Å². The lowest BCUT2D eigenvalue weighted by atomic mass is 10.0. The molecule has 0 spiro atoms. The Morgan fingerprint density at radius 2 is 2.12 bits per heavy atom. The van der Waals surface area contributed by atoms with Gasteiger partial charge in [-0.1, -0.05) is 13.3 Å². The standard InChI is InChI=1S/C13H24O2S/c1-3-6-11-8-10-15-13(2,16-11)12-7-4-5-9-14-12/h11-12H,3-10H2,1-2H3. The maximum Gasteiger partial charge on any atom is 0.137 e. The Morgan fingerprint density at radius 3 is 2.81 bits per heavy atom. The highest BCUT2D eigenvalue weighted by atomic mass is 32.2. The summed E-state index contributed by atoms with van der Waals surface area (Å²) in [7, 11) is 0.